The maximum absolute atomic E-state index is 9.59. The molecule has 0 saturated carbocycles. The van der Waals surface area contributed by atoms with Crippen LogP contribution in [0.25, 0.3) is 0 Å². The summed E-state index contributed by atoms with van der Waals surface area (Å²) in [6.45, 7) is 0. The highest BCUT2D eigenvalue weighted by Gasteiger charge is 1.70. The van der Waals surface area contributed by atoms with E-state index in [1.807, 2.05) is 0 Å². The first-order valence-electron chi connectivity index (χ1n) is 1.41. The van der Waals surface area contributed by atoms with Crippen LogP contribution in [0.3, 0.4) is 0 Å². The molecular weight excluding hydrogens is 125 g/mol. The highest BCUT2D eigenvalue weighted by atomic mass is 35.5. The van der Waals surface area contributed by atoms with Gasteiger partial charge in [0, 0.05) is 0 Å². The van der Waals surface area contributed by atoms with E-state index in [-0.39, 0.29) is 13.8 Å². The van der Waals surface area contributed by atoms with Crippen molar-refractivity contribution in [1.82, 2.24) is 0 Å². The smallest absolute Gasteiger partial charge is 0.178 e. The van der Waals surface area contributed by atoms with Crippen LogP contribution < -0.4 is 0 Å². The normalized spacial score (nSPS) is 18.2. The minimum atomic E-state index is -1.14. The number of alkyl halides is 1. The van der Waals surface area contributed by atoms with Crippen molar-refractivity contribution < 1.29 is 4.57 Å². The molecule has 1 unspecified atom stereocenters. The van der Waals surface area contributed by atoms with Gasteiger partial charge in [0.05, 0.1) is 6.90 Å². The molecule has 0 bridgehead atoms. The van der Waals surface area contributed by atoms with Crippen LogP contribution in [0.2, 0.25) is 0 Å². The molecule has 0 fully saturated rings. The van der Waals surface area contributed by atoms with Gasteiger partial charge in [-0.1, -0.05) is 0 Å². The Morgan fingerprint density at radius 3 is 3.00 bits per heavy atom. The first-order valence-corrected chi connectivity index (χ1v) is 4.10. The van der Waals surface area contributed by atoms with E-state index in [4.69, 9.17) is 12.9 Å². The predicted molar refractivity (Wildman–Crippen MR) is 26.6 cm³/mol. The molecule has 0 spiro atoms. The Hall–Kier alpha value is 0.820. The molecule has 30 valence electrons. The largest absolute Gasteiger partial charge is 0.270 e. The summed E-state index contributed by atoms with van der Waals surface area (Å²) in [5, 5.41) is 0. The van der Waals surface area contributed by atoms with Crippen molar-refractivity contribution in [2.45, 2.75) is 0 Å². The molecule has 0 heterocycles. The van der Waals surface area contributed by atoms with Crippen LogP contribution in [0.15, 0.2) is 0 Å². The van der Waals surface area contributed by atoms with Crippen LogP contribution in [0, 0.1) is 0 Å². The molecule has 5 heavy (non-hydrogen) atoms. The molecule has 0 aliphatic rings. The summed E-state index contributed by atoms with van der Waals surface area (Å²) in [7, 11) is -1.27. The molecule has 1 atom stereocenters. The fourth-order valence-electron chi connectivity index (χ4n) is 0.0218. The molecule has 0 aromatic heterocycles. The maximum Gasteiger partial charge on any atom is 0.178 e. The van der Waals surface area contributed by atoms with Crippen molar-refractivity contribution in [3.05, 3.63) is 0 Å². The van der Waals surface area contributed by atoms with Gasteiger partial charge in [0.1, 0.15) is 0 Å². The third-order valence-electron chi connectivity index (χ3n) is 0.111. The zero-order valence-corrected chi connectivity index (χ0v) is 4.93. The van der Waals surface area contributed by atoms with Crippen LogP contribution in [0.4, 0.5) is 0 Å². The van der Waals surface area contributed by atoms with E-state index in [0.29, 0.717) is 0 Å². The third kappa shape index (κ3) is 4.82. The van der Waals surface area contributed by atoms with Crippen molar-refractivity contribution in [1.29, 1.82) is 1.28 Å². The Bertz CT molecular complexity index is 50.8. The van der Waals surface area contributed by atoms with Crippen LogP contribution in [-0.2, 0) is 4.57 Å². The molecule has 0 rings (SSSR count). The summed E-state index contributed by atoms with van der Waals surface area (Å²) in [4.78, 5) is 0. The minimum absolute atomic E-state index is 0.122. The van der Waals surface area contributed by atoms with Gasteiger partial charge in [-0.15, -0.1) is 11.6 Å². The van der Waals surface area contributed by atoms with Gasteiger partial charge in [-0.2, -0.15) is 0 Å². The van der Waals surface area contributed by atoms with E-state index in [2.05, 4.69) is 0 Å². The van der Waals surface area contributed by atoms with Gasteiger partial charge in [-0.05, 0) is 8.21 Å². The number of rotatable bonds is 2. The van der Waals surface area contributed by atoms with Crippen molar-refractivity contribution in [2.24, 2.45) is 0 Å². The predicted octanol–water partition coefficient (Wildman–Crippen LogP) is 2.07. The van der Waals surface area contributed by atoms with Gasteiger partial charge in [0.25, 0.3) is 0 Å². The lowest BCUT2D eigenvalue weighted by Gasteiger charge is -1.65. The second-order valence-electron chi connectivity index (χ2n) is 0.343. The van der Waals surface area contributed by atoms with E-state index >= 15 is 0 Å². The van der Waals surface area contributed by atoms with Crippen molar-refractivity contribution >= 4 is 28.0 Å². The lowest BCUT2D eigenvalue weighted by Crippen LogP contribution is -1.32. The molecule has 0 aromatic carbocycles. The van der Waals surface area contributed by atoms with Crippen LogP contribution >= 0.6 is 28.0 Å². The number of halogens is 1. The molecule has 0 N–H and O–H groups in total. The van der Waals surface area contributed by atoms with Crippen LogP contribution in [-0.4, -0.2) is 6.90 Å². The van der Waals surface area contributed by atoms with E-state index in [9.17, 15) is 4.57 Å². The molecule has 0 saturated heterocycles. The lowest BCUT2D eigenvalue weighted by atomic mass is 11.9. The highest BCUT2D eigenvalue weighted by Crippen LogP contribution is 2.26. The number of hydrogen-bond acceptors (Lipinski definition) is 1. The molecule has 0 amide bonds. The summed E-state index contributed by atoms with van der Waals surface area (Å²) in [5.74, 6) is 0. The van der Waals surface area contributed by atoms with Crippen LogP contribution in [0.5, 0.6) is 0 Å². The van der Waals surface area contributed by atoms with E-state index in [0.717, 1.165) is 0 Å². The van der Waals surface area contributed by atoms with Gasteiger partial charge < -0.3 is 0 Å². The summed E-state index contributed by atoms with van der Waals surface area (Å²) < 4.78 is 16.3. The summed E-state index contributed by atoms with van der Waals surface area (Å²) in [6, 6.07) is 0. The Morgan fingerprint density at radius 1 is 2.40 bits per heavy atom. The average molecular weight is 130 g/mol. The van der Waals surface area contributed by atoms with Crippen molar-refractivity contribution in [2.75, 3.05) is 5.62 Å². The first kappa shape index (κ1) is 3.99. The van der Waals surface area contributed by atoms with Gasteiger partial charge in [0.15, 0.2) is 8.15 Å². The second-order valence-corrected chi connectivity index (χ2v) is 3.08. The Morgan fingerprint density at radius 2 is 3.00 bits per heavy atom. The lowest BCUT2D eigenvalue weighted by molar-refractivity contribution is 0.605. The van der Waals surface area contributed by atoms with E-state index in [1.165, 1.54) is 0 Å². The number of hydrogen-bond donors (Lipinski definition) is 0. The zero-order valence-electron chi connectivity index (χ0n) is 3.39. The summed E-state index contributed by atoms with van der Waals surface area (Å²) in [6.07, 6.45) is 0. The van der Waals surface area contributed by atoms with E-state index < -0.39 is 8.21 Å². The summed E-state index contributed by atoms with van der Waals surface area (Å²) in [5.41, 5.74) is 0.209. The molecule has 0 aliphatic heterocycles. The third-order valence-corrected chi connectivity index (χ3v) is 1.96. The topological polar surface area (TPSA) is 17.1 Å². The molecular formula is CH3ClOP2. The quantitative estimate of drug-likeness (QED) is 0.413. The zero-order chi connectivity index (χ0) is 4.99. The first-order chi connectivity index (χ1) is 2.81. The monoisotopic (exact) mass is 130 g/mol. The SMILES string of the molecule is [3H]P(CCl)P=O. The van der Waals surface area contributed by atoms with Crippen molar-refractivity contribution in [3.63, 3.8) is 0 Å². The minimum Gasteiger partial charge on any atom is -0.270 e. The average Bonchev–Trinajstić information content (AvgIpc) is 1.65. The van der Waals surface area contributed by atoms with Gasteiger partial charge >= 0.3 is 0 Å². The van der Waals surface area contributed by atoms with Crippen LogP contribution in [0.1, 0.15) is 0 Å². The van der Waals surface area contributed by atoms with Crippen molar-refractivity contribution in [3.8, 4) is 0 Å². The van der Waals surface area contributed by atoms with E-state index in [1.54, 1.807) is 0 Å². The highest BCUT2D eigenvalue weighted by molar-refractivity contribution is 8.06. The Balaban J connectivity index is 2.96. The Kier molecular flexibility index (Phi) is 3.85. The van der Waals surface area contributed by atoms with Gasteiger partial charge in [-0.25, -0.2) is 0 Å². The van der Waals surface area contributed by atoms with Gasteiger partial charge in [-0.3, -0.25) is 4.57 Å². The molecule has 0 radical (unpaired) electrons. The second kappa shape index (κ2) is 4.82. The Labute approximate surface area is 40.3 Å². The molecule has 0 aliphatic carbocycles. The standard InChI is InChI=1S/CH3ClOP2/c2-1-4-5-3/h4H,1H2/i4T. The molecule has 4 heteroatoms. The maximum atomic E-state index is 9.59. The fraction of sp³-hybridized carbons (Fsp3) is 1.00. The molecule has 1 nitrogen and oxygen atoms in total. The molecule has 0 aromatic rings. The fourth-order valence-corrected chi connectivity index (χ4v) is 0.589. The van der Waals surface area contributed by atoms with Gasteiger partial charge in [0.2, 0.25) is 0 Å². The summed E-state index contributed by atoms with van der Waals surface area (Å²) >= 11 is 5.09.